The Hall–Kier alpha value is -3.95. The minimum Gasteiger partial charge on any atom is -0.347 e. The second kappa shape index (κ2) is 10.4. The summed E-state index contributed by atoms with van der Waals surface area (Å²) in [6.07, 6.45) is 6.82. The summed E-state index contributed by atoms with van der Waals surface area (Å²) < 4.78 is 2.99. The molecule has 2 aliphatic rings. The number of aromatic nitrogens is 3. The summed E-state index contributed by atoms with van der Waals surface area (Å²) in [5.41, 5.74) is 1.84. The third-order valence-corrected chi connectivity index (χ3v) is 7.25. The molecule has 1 saturated heterocycles. The Morgan fingerprint density at radius 1 is 1.11 bits per heavy atom. The van der Waals surface area contributed by atoms with Crippen molar-refractivity contribution in [2.45, 2.75) is 65.1 Å². The van der Waals surface area contributed by atoms with E-state index in [1.165, 1.54) is 10.8 Å². The molecule has 200 valence electrons. The maximum atomic E-state index is 13.3. The van der Waals surface area contributed by atoms with Crippen molar-refractivity contribution in [2.24, 2.45) is 5.92 Å². The highest BCUT2D eigenvalue weighted by atomic mass is 16.2. The van der Waals surface area contributed by atoms with Gasteiger partial charge in [0.2, 0.25) is 0 Å². The minimum absolute atomic E-state index is 0.118. The summed E-state index contributed by atoms with van der Waals surface area (Å²) in [6, 6.07) is 6.30. The van der Waals surface area contributed by atoms with Crippen molar-refractivity contribution in [3.8, 4) is 0 Å². The van der Waals surface area contributed by atoms with Gasteiger partial charge >= 0.3 is 11.7 Å². The number of carbonyl (C=O) groups is 2. The van der Waals surface area contributed by atoms with Crippen LogP contribution < -0.4 is 21.9 Å². The molecule has 2 fully saturated rings. The van der Waals surface area contributed by atoms with Gasteiger partial charge in [0.05, 0.1) is 16.5 Å². The summed E-state index contributed by atoms with van der Waals surface area (Å²) >= 11 is 0. The van der Waals surface area contributed by atoms with Crippen LogP contribution in [0.1, 0.15) is 61.5 Å². The number of nitrogens with one attached hydrogen (secondary N) is 2. The monoisotopic (exact) mass is 518 g/mol. The zero-order valence-corrected chi connectivity index (χ0v) is 22.1. The van der Waals surface area contributed by atoms with Gasteiger partial charge in [-0.3, -0.25) is 23.7 Å². The molecule has 1 saturated carbocycles. The maximum absolute atomic E-state index is 13.3. The van der Waals surface area contributed by atoms with Crippen molar-refractivity contribution < 1.29 is 9.59 Å². The molecule has 3 amide bonds. The lowest BCUT2D eigenvalue weighted by molar-refractivity contribution is 0.0912. The number of hydrogen-bond donors (Lipinski definition) is 2. The molecule has 0 bridgehead atoms. The number of pyridine rings is 1. The van der Waals surface area contributed by atoms with Crippen LogP contribution in [0.4, 0.5) is 10.5 Å². The number of amides is 3. The van der Waals surface area contributed by atoms with Gasteiger partial charge in [-0.2, -0.15) is 0 Å². The number of fused-ring (bicyclic) bond motifs is 1. The van der Waals surface area contributed by atoms with Gasteiger partial charge in [0, 0.05) is 49.8 Å². The van der Waals surface area contributed by atoms with Crippen molar-refractivity contribution in [3.63, 3.8) is 0 Å². The fourth-order valence-electron chi connectivity index (χ4n) is 5.11. The van der Waals surface area contributed by atoms with Crippen LogP contribution in [0.15, 0.2) is 46.2 Å². The van der Waals surface area contributed by atoms with Gasteiger partial charge in [0.25, 0.3) is 11.5 Å². The van der Waals surface area contributed by atoms with E-state index in [9.17, 15) is 19.2 Å². The molecule has 38 heavy (non-hydrogen) atoms. The van der Waals surface area contributed by atoms with E-state index in [0.29, 0.717) is 47.7 Å². The molecule has 0 radical (unpaired) electrons. The van der Waals surface area contributed by atoms with Crippen LogP contribution in [0.2, 0.25) is 0 Å². The van der Waals surface area contributed by atoms with Gasteiger partial charge in [0.1, 0.15) is 0 Å². The van der Waals surface area contributed by atoms with Crippen LogP contribution in [0.3, 0.4) is 0 Å². The number of urea groups is 1. The van der Waals surface area contributed by atoms with Crippen LogP contribution in [0, 0.1) is 12.8 Å². The minimum atomic E-state index is -0.323. The topological polar surface area (TPSA) is 118 Å². The number of anilines is 1. The molecule has 1 aliphatic carbocycles. The number of aryl methyl sites for hydroxylation is 1. The molecule has 5 rings (SSSR count). The molecule has 1 unspecified atom stereocenters. The first-order valence-corrected chi connectivity index (χ1v) is 13.3. The lowest BCUT2D eigenvalue weighted by Crippen LogP contribution is -2.50. The lowest BCUT2D eigenvalue weighted by Gasteiger charge is -2.33. The van der Waals surface area contributed by atoms with E-state index in [1.54, 1.807) is 39.9 Å². The van der Waals surface area contributed by atoms with Gasteiger partial charge < -0.3 is 15.5 Å². The summed E-state index contributed by atoms with van der Waals surface area (Å²) in [5, 5.41) is 6.33. The maximum Gasteiger partial charge on any atom is 0.331 e. The van der Waals surface area contributed by atoms with E-state index in [4.69, 9.17) is 0 Å². The van der Waals surface area contributed by atoms with E-state index in [1.807, 2.05) is 20.8 Å². The number of nitrogens with zero attached hydrogens (tertiary/aromatic N) is 4. The normalized spacial score (nSPS) is 17.6. The summed E-state index contributed by atoms with van der Waals surface area (Å²) in [7, 11) is 0. The van der Waals surface area contributed by atoms with Gasteiger partial charge in [-0.1, -0.05) is 0 Å². The highest BCUT2D eigenvalue weighted by Gasteiger charge is 2.27. The average molecular weight is 519 g/mol. The standard InChI is InChI=1S/C28H34N6O4/c1-17(2)34-24-9-8-21(12-23(24)26(36)33(28(34)38)15-19-6-7-19)31-27(37)32-10-4-5-22(16-32)30-25(35)20-11-18(3)13-29-14-20/h8-9,11-14,17,19,22H,4-7,10,15-16H2,1-3H3,(H,30,35)(H,31,37). The van der Waals surface area contributed by atoms with Crippen molar-refractivity contribution >= 4 is 28.5 Å². The Morgan fingerprint density at radius 3 is 2.61 bits per heavy atom. The number of piperidine rings is 1. The Bertz CT molecular complexity index is 1500. The van der Waals surface area contributed by atoms with Crippen LogP contribution in [-0.4, -0.2) is 50.1 Å². The van der Waals surface area contributed by atoms with Gasteiger partial charge in [-0.05, 0) is 82.2 Å². The van der Waals surface area contributed by atoms with E-state index in [2.05, 4.69) is 15.6 Å². The second-order valence-corrected chi connectivity index (χ2v) is 10.8. The highest BCUT2D eigenvalue weighted by Crippen LogP contribution is 2.30. The number of rotatable bonds is 6. The Balaban J connectivity index is 1.33. The molecule has 1 aliphatic heterocycles. The SMILES string of the molecule is Cc1cncc(C(=O)NC2CCCN(C(=O)Nc3ccc4c(c3)c(=O)n(CC3CC3)c(=O)n4C(C)C)C2)c1. The molecule has 1 aromatic carbocycles. The Kier molecular flexibility index (Phi) is 7.05. The quantitative estimate of drug-likeness (QED) is 0.519. The molecule has 10 heteroatoms. The van der Waals surface area contributed by atoms with Crippen molar-refractivity contribution in [2.75, 3.05) is 18.4 Å². The largest absolute Gasteiger partial charge is 0.347 e. The molecule has 0 spiro atoms. The lowest BCUT2D eigenvalue weighted by atomic mass is 10.1. The number of carbonyl (C=O) groups excluding carboxylic acids is 2. The number of hydrogen-bond acceptors (Lipinski definition) is 5. The first-order chi connectivity index (χ1) is 18.2. The summed E-state index contributed by atoms with van der Waals surface area (Å²) in [6.45, 7) is 7.10. The predicted octanol–water partition coefficient (Wildman–Crippen LogP) is 3.28. The molecule has 3 heterocycles. The first kappa shape index (κ1) is 25.7. The molecular weight excluding hydrogens is 484 g/mol. The molecule has 3 aromatic rings. The molecule has 10 nitrogen and oxygen atoms in total. The van der Waals surface area contributed by atoms with Crippen molar-refractivity contribution in [3.05, 3.63) is 68.6 Å². The average Bonchev–Trinajstić information content (AvgIpc) is 3.71. The van der Waals surface area contributed by atoms with Gasteiger partial charge in [0.15, 0.2) is 0 Å². The Labute approximate surface area is 220 Å². The molecule has 2 N–H and O–H groups in total. The van der Waals surface area contributed by atoms with E-state index in [-0.39, 0.29) is 35.3 Å². The third kappa shape index (κ3) is 5.34. The zero-order chi connectivity index (χ0) is 27.0. The van der Waals surface area contributed by atoms with Crippen molar-refractivity contribution in [1.82, 2.24) is 24.3 Å². The highest BCUT2D eigenvalue weighted by molar-refractivity contribution is 5.95. The van der Waals surface area contributed by atoms with Gasteiger partial charge in [-0.15, -0.1) is 0 Å². The van der Waals surface area contributed by atoms with E-state index < -0.39 is 0 Å². The molecule has 1 atom stereocenters. The third-order valence-electron chi connectivity index (χ3n) is 7.25. The number of likely N-dealkylation sites (tertiary alicyclic amines) is 1. The van der Waals surface area contributed by atoms with Crippen LogP contribution in [-0.2, 0) is 6.54 Å². The van der Waals surface area contributed by atoms with E-state index >= 15 is 0 Å². The number of benzene rings is 1. The zero-order valence-electron chi connectivity index (χ0n) is 22.1. The molecule has 2 aromatic heterocycles. The second-order valence-electron chi connectivity index (χ2n) is 10.8. The van der Waals surface area contributed by atoms with Crippen molar-refractivity contribution in [1.29, 1.82) is 0 Å². The van der Waals surface area contributed by atoms with E-state index in [0.717, 1.165) is 31.2 Å². The molecular formula is C28H34N6O4. The smallest absolute Gasteiger partial charge is 0.331 e. The van der Waals surface area contributed by atoms with Crippen LogP contribution >= 0.6 is 0 Å². The van der Waals surface area contributed by atoms with Crippen LogP contribution in [0.5, 0.6) is 0 Å². The van der Waals surface area contributed by atoms with Gasteiger partial charge in [-0.25, -0.2) is 9.59 Å². The predicted molar refractivity (Wildman–Crippen MR) is 146 cm³/mol. The van der Waals surface area contributed by atoms with Crippen LogP contribution in [0.25, 0.3) is 10.9 Å². The fourth-order valence-corrected chi connectivity index (χ4v) is 5.11. The Morgan fingerprint density at radius 2 is 1.89 bits per heavy atom. The first-order valence-electron chi connectivity index (χ1n) is 13.3. The summed E-state index contributed by atoms with van der Waals surface area (Å²) in [4.78, 5) is 58.0. The summed E-state index contributed by atoms with van der Waals surface area (Å²) in [5.74, 6) is 0.165. The fraction of sp³-hybridized carbons (Fsp3) is 0.464.